The number of amides is 2. The van der Waals surface area contributed by atoms with Crippen LogP contribution in [0.25, 0.3) is 22.0 Å². The molecule has 1 N–H and O–H groups in total. The molecule has 224 valence electrons. The van der Waals surface area contributed by atoms with Crippen molar-refractivity contribution in [2.75, 3.05) is 0 Å². The zero-order chi connectivity index (χ0) is 31.2. The molecule has 0 radical (unpaired) electrons. The summed E-state index contributed by atoms with van der Waals surface area (Å²) in [4.78, 5) is 50.8. The molecule has 2 unspecified atom stereocenters. The van der Waals surface area contributed by atoms with E-state index in [1.54, 1.807) is 22.0 Å². The number of likely N-dealkylation sites (tertiary alicyclic amines) is 1. The average molecular weight is 589 g/mol. The number of ketones is 1. The summed E-state index contributed by atoms with van der Waals surface area (Å²) in [5.74, 6) is 2.79. The first-order valence-electron chi connectivity index (χ1n) is 15.0. The quantitative estimate of drug-likeness (QED) is 0.229. The third-order valence-electron chi connectivity index (χ3n) is 9.03. The van der Waals surface area contributed by atoms with E-state index in [9.17, 15) is 14.4 Å². The van der Waals surface area contributed by atoms with Gasteiger partial charge in [0.05, 0.1) is 5.52 Å². The van der Waals surface area contributed by atoms with Crippen molar-refractivity contribution in [3.8, 4) is 23.5 Å². The number of fused-ring (bicyclic) bond motifs is 2. The van der Waals surface area contributed by atoms with Crippen LogP contribution in [0, 0.1) is 31.6 Å². The maximum atomic E-state index is 14.0. The Morgan fingerprint density at radius 2 is 1.82 bits per heavy atom. The number of hydrogen-bond donors (Lipinski definition) is 1. The number of nitrogens with one attached hydrogen (secondary N) is 1. The van der Waals surface area contributed by atoms with Gasteiger partial charge in [0.2, 0.25) is 11.8 Å². The van der Waals surface area contributed by atoms with E-state index in [1.807, 2.05) is 56.3 Å². The monoisotopic (exact) mass is 588 g/mol. The first-order chi connectivity index (χ1) is 21.1. The van der Waals surface area contributed by atoms with Gasteiger partial charge in [0.15, 0.2) is 5.78 Å². The minimum Gasteiger partial charge on any atom is -0.350 e. The summed E-state index contributed by atoms with van der Waals surface area (Å²) in [7, 11) is 0. The Morgan fingerprint density at radius 3 is 2.50 bits per heavy atom. The lowest BCUT2D eigenvalue weighted by atomic mass is 9.99. The SMILES string of the molecule is C#CCC(Cc1ccccc1)NC(=O)[C@@H]1C[C@@]2(C)CC2N1C(=O)Cn1nc(C(C)=O)c2cc(-c3cnc(C)nc3)cc(C)c21. The van der Waals surface area contributed by atoms with Crippen molar-refractivity contribution in [2.24, 2.45) is 5.41 Å². The van der Waals surface area contributed by atoms with Gasteiger partial charge in [0.25, 0.3) is 0 Å². The van der Waals surface area contributed by atoms with Crippen molar-refractivity contribution in [2.45, 2.75) is 78.0 Å². The number of terminal acetylenes is 1. The van der Waals surface area contributed by atoms with E-state index in [0.29, 0.717) is 36.2 Å². The molecule has 1 saturated heterocycles. The summed E-state index contributed by atoms with van der Waals surface area (Å²) in [5, 5.41) is 8.44. The second-order valence-electron chi connectivity index (χ2n) is 12.5. The Morgan fingerprint density at radius 1 is 1.09 bits per heavy atom. The number of Topliss-reactive ketones (excluding diaryl/α,β-unsaturated/α-hetero) is 1. The van der Waals surface area contributed by atoms with Crippen LogP contribution in [0.3, 0.4) is 0 Å². The van der Waals surface area contributed by atoms with Crippen LogP contribution in [0.15, 0.2) is 54.9 Å². The second kappa shape index (κ2) is 11.3. The van der Waals surface area contributed by atoms with E-state index in [4.69, 9.17) is 6.42 Å². The van der Waals surface area contributed by atoms with E-state index in [1.165, 1.54) is 6.92 Å². The van der Waals surface area contributed by atoms with Crippen LogP contribution in [-0.2, 0) is 22.6 Å². The normalized spacial score (nSPS) is 21.0. The number of piperidine rings is 1. The second-order valence-corrected chi connectivity index (χ2v) is 12.5. The van der Waals surface area contributed by atoms with E-state index < -0.39 is 6.04 Å². The zero-order valence-electron chi connectivity index (χ0n) is 25.5. The summed E-state index contributed by atoms with van der Waals surface area (Å²) in [6.07, 6.45) is 11.6. The molecule has 9 heteroatoms. The number of aromatic nitrogens is 4. The van der Waals surface area contributed by atoms with Crippen LogP contribution in [0.1, 0.15) is 60.5 Å². The van der Waals surface area contributed by atoms with Crippen molar-refractivity contribution in [3.05, 3.63) is 77.5 Å². The van der Waals surface area contributed by atoms with E-state index in [2.05, 4.69) is 33.2 Å². The lowest BCUT2D eigenvalue weighted by Crippen LogP contribution is -2.51. The molecule has 3 heterocycles. The summed E-state index contributed by atoms with van der Waals surface area (Å²) in [5.41, 5.74) is 4.58. The van der Waals surface area contributed by atoms with Gasteiger partial charge in [-0.15, -0.1) is 12.3 Å². The van der Waals surface area contributed by atoms with Crippen LogP contribution in [0.4, 0.5) is 0 Å². The van der Waals surface area contributed by atoms with Crippen molar-refractivity contribution in [1.29, 1.82) is 0 Å². The molecule has 0 bridgehead atoms. The Kier molecular flexibility index (Phi) is 7.54. The molecule has 1 aliphatic carbocycles. The predicted molar refractivity (Wildman–Crippen MR) is 168 cm³/mol. The molecule has 1 aliphatic heterocycles. The van der Waals surface area contributed by atoms with Crippen molar-refractivity contribution < 1.29 is 14.4 Å². The molecule has 6 rings (SSSR count). The largest absolute Gasteiger partial charge is 0.350 e. The third-order valence-corrected chi connectivity index (χ3v) is 9.03. The Balaban J connectivity index is 1.27. The number of nitrogens with zero attached hydrogens (tertiary/aromatic N) is 5. The molecule has 2 aliphatic rings. The van der Waals surface area contributed by atoms with Crippen molar-refractivity contribution >= 4 is 28.5 Å². The molecule has 0 spiro atoms. The fraction of sp³-hybridized carbons (Fsp3) is 0.371. The van der Waals surface area contributed by atoms with E-state index in [-0.39, 0.29) is 41.6 Å². The minimum absolute atomic E-state index is 0.00528. The maximum absolute atomic E-state index is 14.0. The molecule has 2 amide bonds. The fourth-order valence-electron chi connectivity index (χ4n) is 6.69. The van der Waals surface area contributed by atoms with Crippen LogP contribution >= 0.6 is 0 Å². The standard InChI is InChI=1S/C35H36N6O3/c1-6-10-27(14-24-11-8-7-9-12-24)38-34(44)29-16-35(5)17-30(35)41(29)31(43)20-40-33-21(2)13-25(26-18-36-23(4)37-19-26)15-28(33)32(39-40)22(3)42/h1,7-9,11-13,15,18-19,27,29-30H,10,14,16-17,20H2,2-5H3,(H,38,44)/t27?,29-,30?,35-/m0/s1. The summed E-state index contributed by atoms with van der Waals surface area (Å²) in [6, 6.07) is 13.0. The van der Waals surface area contributed by atoms with Crippen molar-refractivity contribution in [1.82, 2.24) is 30.0 Å². The molecule has 44 heavy (non-hydrogen) atoms. The number of rotatable bonds is 9. The van der Waals surface area contributed by atoms with Gasteiger partial charge < -0.3 is 10.2 Å². The van der Waals surface area contributed by atoms with Gasteiger partial charge in [-0.05, 0) is 67.3 Å². The van der Waals surface area contributed by atoms with Gasteiger partial charge >= 0.3 is 0 Å². The number of aryl methyl sites for hydroxylation is 2. The van der Waals surface area contributed by atoms with Crippen LogP contribution in [0.2, 0.25) is 0 Å². The Hall–Kier alpha value is -4.84. The van der Waals surface area contributed by atoms with Crippen LogP contribution in [-0.4, -0.2) is 60.4 Å². The maximum Gasteiger partial charge on any atom is 0.245 e. The predicted octanol–water partition coefficient (Wildman–Crippen LogP) is 4.44. The summed E-state index contributed by atoms with van der Waals surface area (Å²) in [6.45, 7) is 7.29. The topological polar surface area (TPSA) is 110 Å². The molecular weight excluding hydrogens is 552 g/mol. The summed E-state index contributed by atoms with van der Waals surface area (Å²) < 4.78 is 1.61. The Labute approximate surface area is 257 Å². The number of benzene rings is 2. The average Bonchev–Trinajstić information content (AvgIpc) is 3.34. The van der Waals surface area contributed by atoms with Gasteiger partial charge in [0.1, 0.15) is 24.1 Å². The van der Waals surface area contributed by atoms with Gasteiger partial charge in [-0.2, -0.15) is 5.10 Å². The highest BCUT2D eigenvalue weighted by Crippen LogP contribution is 2.59. The molecule has 4 atom stereocenters. The highest BCUT2D eigenvalue weighted by molar-refractivity contribution is 6.07. The first-order valence-corrected chi connectivity index (χ1v) is 15.0. The van der Waals surface area contributed by atoms with E-state index in [0.717, 1.165) is 34.2 Å². The highest BCUT2D eigenvalue weighted by Gasteiger charge is 2.64. The number of hydrogen-bond acceptors (Lipinski definition) is 6. The fourth-order valence-corrected chi connectivity index (χ4v) is 6.69. The molecule has 2 aromatic heterocycles. The summed E-state index contributed by atoms with van der Waals surface area (Å²) >= 11 is 0. The molecular formula is C35H36N6O3. The molecule has 2 fully saturated rings. The molecule has 2 aromatic carbocycles. The molecule has 9 nitrogen and oxygen atoms in total. The molecule has 4 aromatic rings. The number of carbonyl (C=O) groups is 3. The first kappa shape index (κ1) is 29.2. The highest BCUT2D eigenvalue weighted by atomic mass is 16.2. The van der Waals surface area contributed by atoms with E-state index >= 15 is 0 Å². The lowest BCUT2D eigenvalue weighted by Gasteiger charge is -2.28. The molecule has 1 saturated carbocycles. The lowest BCUT2D eigenvalue weighted by molar-refractivity contribution is -0.140. The third kappa shape index (κ3) is 5.48. The van der Waals surface area contributed by atoms with Crippen LogP contribution in [0.5, 0.6) is 0 Å². The van der Waals surface area contributed by atoms with Gasteiger partial charge in [-0.25, -0.2) is 9.97 Å². The van der Waals surface area contributed by atoms with Gasteiger partial charge in [-0.1, -0.05) is 37.3 Å². The Bertz CT molecular complexity index is 1810. The van der Waals surface area contributed by atoms with Crippen LogP contribution < -0.4 is 5.32 Å². The van der Waals surface area contributed by atoms with Crippen molar-refractivity contribution in [3.63, 3.8) is 0 Å². The minimum atomic E-state index is -0.592. The van der Waals surface area contributed by atoms with Gasteiger partial charge in [-0.3, -0.25) is 19.1 Å². The number of carbonyl (C=O) groups excluding carboxylic acids is 3. The zero-order valence-corrected chi connectivity index (χ0v) is 25.5. The smallest absolute Gasteiger partial charge is 0.245 e. The van der Waals surface area contributed by atoms with Gasteiger partial charge in [0, 0.05) is 48.8 Å².